The Hall–Kier alpha value is -3.27. The largest absolute Gasteiger partial charge is 0.441 e. The molecule has 4 N–H and O–H groups in total. The monoisotopic (exact) mass is 497 g/mol. The Balaban J connectivity index is 1.40. The lowest BCUT2D eigenvalue weighted by atomic mass is 9.63. The van der Waals surface area contributed by atoms with Gasteiger partial charge in [-0.1, -0.05) is 33.8 Å². The van der Waals surface area contributed by atoms with Crippen molar-refractivity contribution in [3.05, 3.63) is 76.7 Å². The van der Waals surface area contributed by atoms with Crippen molar-refractivity contribution in [2.75, 3.05) is 12.0 Å². The van der Waals surface area contributed by atoms with Gasteiger partial charge in [0.15, 0.2) is 25.1 Å². The summed E-state index contributed by atoms with van der Waals surface area (Å²) >= 11 is 0. The lowest BCUT2D eigenvalue weighted by molar-refractivity contribution is -0.0830. The highest BCUT2D eigenvalue weighted by Gasteiger charge is 2.37. The van der Waals surface area contributed by atoms with Gasteiger partial charge in [0.25, 0.3) is 5.91 Å². The van der Waals surface area contributed by atoms with Gasteiger partial charge in [0, 0.05) is 17.5 Å². The van der Waals surface area contributed by atoms with Gasteiger partial charge in [0.1, 0.15) is 0 Å². The first kappa shape index (κ1) is 25.8. The van der Waals surface area contributed by atoms with Crippen molar-refractivity contribution in [1.29, 1.82) is 0 Å². The highest BCUT2D eigenvalue weighted by atomic mass is 19.1. The van der Waals surface area contributed by atoms with Crippen LogP contribution in [0, 0.1) is 0 Å². The second kappa shape index (κ2) is 9.65. The Kier molecular flexibility index (Phi) is 6.92. The summed E-state index contributed by atoms with van der Waals surface area (Å²) in [7, 11) is 0. The second-order valence-corrected chi connectivity index (χ2v) is 10.6. The van der Waals surface area contributed by atoms with Gasteiger partial charge in [-0.25, -0.2) is 14.5 Å². The van der Waals surface area contributed by atoms with Gasteiger partial charge in [0.2, 0.25) is 0 Å². The SMILES string of the molecule is CC1(C)CCC(C)(C)c2cc(NC(=O)c3ccc(C(=O)OCN4C=C(F)C(O)NC4O)cc3)ccc21. The third-order valence-corrected chi connectivity index (χ3v) is 7.01. The fourth-order valence-corrected chi connectivity index (χ4v) is 4.57. The van der Waals surface area contributed by atoms with Crippen LogP contribution in [0.2, 0.25) is 0 Å². The van der Waals surface area contributed by atoms with Gasteiger partial charge in [-0.15, -0.1) is 0 Å². The van der Waals surface area contributed by atoms with Crippen molar-refractivity contribution in [2.45, 2.75) is 63.9 Å². The summed E-state index contributed by atoms with van der Waals surface area (Å²) in [6, 6.07) is 12.0. The summed E-state index contributed by atoms with van der Waals surface area (Å²) in [5.41, 5.74) is 3.94. The summed E-state index contributed by atoms with van der Waals surface area (Å²) in [4.78, 5) is 26.2. The van der Waals surface area contributed by atoms with Crippen molar-refractivity contribution in [3.63, 3.8) is 0 Å². The average Bonchev–Trinajstić information content (AvgIpc) is 2.83. The van der Waals surface area contributed by atoms with Crippen molar-refractivity contribution in [1.82, 2.24) is 10.2 Å². The van der Waals surface area contributed by atoms with Crippen LogP contribution < -0.4 is 10.6 Å². The Morgan fingerprint density at radius 2 is 1.64 bits per heavy atom. The van der Waals surface area contributed by atoms with Crippen LogP contribution in [-0.4, -0.2) is 46.3 Å². The Morgan fingerprint density at radius 1 is 1.03 bits per heavy atom. The molecular formula is C27H32FN3O5. The number of aliphatic hydroxyl groups excluding tert-OH is 2. The molecule has 2 aromatic carbocycles. The van der Waals surface area contributed by atoms with Crippen molar-refractivity contribution in [3.8, 4) is 0 Å². The van der Waals surface area contributed by atoms with E-state index in [9.17, 15) is 24.2 Å². The molecule has 8 nitrogen and oxygen atoms in total. The number of anilines is 1. The van der Waals surface area contributed by atoms with Crippen LogP contribution >= 0.6 is 0 Å². The van der Waals surface area contributed by atoms with Gasteiger partial charge < -0.3 is 25.2 Å². The molecule has 0 spiro atoms. The van der Waals surface area contributed by atoms with E-state index in [2.05, 4.69) is 50.5 Å². The maximum absolute atomic E-state index is 13.5. The minimum absolute atomic E-state index is 0.0231. The standard InChI is InChI=1S/C27H32FN3O5/c1-26(2)11-12-27(3,4)20-13-18(9-10-19(20)26)29-22(32)16-5-7-17(8-6-16)24(34)36-15-31-14-21(28)23(33)30-25(31)35/h5-10,13-14,23,25,30,33,35H,11-12,15H2,1-4H3,(H,29,32). The summed E-state index contributed by atoms with van der Waals surface area (Å²) < 4.78 is 18.6. The number of fused-ring (bicyclic) bond motifs is 1. The molecule has 2 aromatic rings. The molecule has 1 amide bonds. The number of nitrogens with zero attached hydrogens (tertiary/aromatic N) is 1. The zero-order valence-electron chi connectivity index (χ0n) is 20.8. The third kappa shape index (κ3) is 5.28. The highest BCUT2D eigenvalue weighted by molar-refractivity contribution is 6.05. The Labute approximate surface area is 209 Å². The lowest BCUT2D eigenvalue weighted by Crippen LogP contribution is -2.52. The topological polar surface area (TPSA) is 111 Å². The number of hydrogen-bond donors (Lipinski definition) is 4. The van der Waals surface area contributed by atoms with E-state index < -0.39 is 31.1 Å². The van der Waals surface area contributed by atoms with E-state index >= 15 is 0 Å². The number of halogens is 1. The van der Waals surface area contributed by atoms with Crippen LogP contribution in [0.15, 0.2) is 54.5 Å². The van der Waals surface area contributed by atoms with Crippen LogP contribution in [0.4, 0.5) is 10.1 Å². The number of ether oxygens (including phenoxy) is 1. The Morgan fingerprint density at radius 3 is 2.31 bits per heavy atom. The minimum Gasteiger partial charge on any atom is -0.441 e. The van der Waals surface area contributed by atoms with Gasteiger partial charge in [-0.3, -0.25) is 4.79 Å². The Bertz CT molecular complexity index is 1190. The number of rotatable bonds is 5. The van der Waals surface area contributed by atoms with Crippen molar-refractivity contribution in [2.24, 2.45) is 0 Å². The number of aliphatic hydroxyl groups is 2. The van der Waals surface area contributed by atoms with E-state index in [0.717, 1.165) is 23.9 Å². The van der Waals surface area contributed by atoms with Gasteiger partial charge in [0.05, 0.1) is 5.56 Å². The summed E-state index contributed by atoms with van der Waals surface area (Å²) in [6.45, 7) is 8.50. The van der Waals surface area contributed by atoms with Gasteiger partial charge in [-0.2, -0.15) is 0 Å². The molecule has 2 aliphatic rings. The molecular weight excluding hydrogens is 465 g/mol. The van der Waals surface area contributed by atoms with Crippen LogP contribution in [0.25, 0.3) is 0 Å². The molecule has 0 aromatic heterocycles. The first-order valence-electron chi connectivity index (χ1n) is 11.9. The number of nitrogens with one attached hydrogen (secondary N) is 2. The molecule has 2 atom stereocenters. The first-order chi connectivity index (χ1) is 16.9. The third-order valence-electron chi connectivity index (χ3n) is 7.01. The molecule has 192 valence electrons. The van der Waals surface area contributed by atoms with E-state index in [1.165, 1.54) is 35.4 Å². The maximum atomic E-state index is 13.5. The zero-order chi connectivity index (χ0) is 26.3. The van der Waals surface area contributed by atoms with Crippen molar-refractivity contribution < 1.29 is 28.9 Å². The molecule has 9 heteroatoms. The number of amides is 1. The number of carbonyl (C=O) groups excluding carboxylic acids is 2. The van der Waals surface area contributed by atoms with Gasteiger partial charge in [-0.05, 0) is 71.2 Å². The summed E-state index contributed by atoms with van der Waals surface area (Å²) in [5.74, 6) is -1.93. The van der Waals surface area contributed by atoms with E-state index in [-0.39, 0.29) is 22.3 Å². The lowest BCUT2D eigenvalue weighted by Gasteiger charge is -2.42. The van der Waals surface area contributed by atoms with E-state index in [4.69, 9.17) is 4.74 Å². The van der Waals surface area contributed by atoms with Crippen LogP contribution in [-0.2, 0) is 15.6 Å². The number of carbonyl (C=O) groups is 2. The predicted octanol–water partition coefficient (Wildman–Crippen LogP) is 3.71. The van der Waals surface area contributed by atoms with Crippen LogP contribution in [0.1, 0.15) is 72.4 Å². The molecule has 0 fully saturated rings. The summed E-state index contributed by atoms with van der Waals surface area (Å²) in [5, 5.41) is 24.2. The molecule has 0 radical (unpaired) electrons. The molecule has 0 saturated heterocycles. The number of esters is 1. The first-order valence-corrected chi connectivity index (χ1v) is 11.9. The van der Waals surface area contributed by atoms with Crippen molar-refractivity contribution >= 4 is 17.6 Å². The average molecular weight is 498 g/mol. The molecule has 36 heavy (non-hydrogen) atoms. The normalized spacial score (nSPS) is 22.3. The fraction of sp³-hybridized carbons (Fsp3) is 0.407. The van der Waals surface area contributed by atoms with E-state index in [1.807, 2.05) is 6.07 Å². The summed E-state index contributed by atoms with van der Waals surface area (Å²) in [6.07, 6.45) is 0.00107. The maximum Gasteiger partial charge on any atom is 0.339 e. The minimum atomic E-state index is -1.62. The quantitative estimate of drug-likeness (QED) is 0.466. The highest BCUT2D eigenvalue weighted by Crippen LogP contribution is 2.46. The molecule has 1 aliphatic carbocycles. The zero-order valence-corrected chi connectivity index (χ0v) is 20.8. The molecule has 0 saturated carbocycles. The van der Waals surface area contributed by atoms with E-state index in [1.54, 1.807) is 0 Å². The molecule has 1 heterocycles. The molecule has 1 aliphatic heterocycles. The smallest absolute Gasteiger partial charge is 0.339 e. The molecule has 2 unspecified atom stereocenters. The molecule has 4 rings (SSSR count). The van der Waals surface area contributed by atoms with Crippen LogP contribution in [0.3, 0.4) is 0 Å². The number of hydrogen-bond acceptors (Lipinski definition) is 7. The fourth-order valence-electron chi connectivity index (χ4n) is 4.57. The van der Waals surface area contributed by atoms with Gasteiger partial charge >= 0.3 is 5.97 Å². The molecule has 0 bridgehead atoms. The predicted molar refractivity (Wildman–Crippen MR) is 133 cm³/mol. The van der Waals surface area contributed by atoms with E-state index in [0.29, 0.717) is 11.3 Å². The van der Waals surface area contributed by atoms with Crippen LogP contribution in [0.5, 0.6) is 0 Å². The second-order valence-electron chi connectivity index (χ2n) is 10.6. The number of benzene rings is 2.